The fourth-order valence-corrected chi connectivity index (χ4v) is 2.27. The minimum atomic E-state index is -0.578. The summed E-state index contributed by atoms with van der Waals surface area (Å²) in [5, 5.41) is 3.05. The summed E-state index contributed by atoms with van der Waals surface area (Å²) in [5.41, 5.74) is 1.28. The lowest BCUT2D eigenvalue weighted by atomic mass is 10.1. The van der Waals surface area contributed by atoms with E-state index in [1.165, 1.54) is 18.2 Å². The van der Waals surface area contributed by atoms with Gasteiger partial charge >= 0.3 is 0 Å². The van der Waals surface area contributed by atoms with Crippen molar-refractivity contribution in [2.75, 3.05) is 5.32 Å². The van der Waals surface area contributed by atoms with Crippen LogP contribution in [0.3, 0.4) is 0 Å². The minimum absolute atomic E-state index is 0.0336. The van der Waals surface area contributed by atoms with Gasteiger partial charge in [0.15, 0.2) is 0 Å². The zero-order valence-corrected chi connectivity index (χ0v) is 12.3. The number of amides is 1. The number of hydrogen-bond acceptors (Lipinski definition) is 1. The van der Waals surface area contributed by atoms with E-state index < -0.39 is 11.7 Å². The number of hydrogen-bond donors (Lipinski definition) is 1. The van der Waals surface area contributed by atoms with E-state index in [9.17, 15) is 9.18 Å². The lowest BCUT2D eigenvalue weighted by Gasteiger charge is -2.10. The first-order valence-electron chi connectivity index (χ1n) is 5.50. The summed E-state index contributed by atoms with van der Waals surface area (Å²) >= 11 is 9.22. The van der Waals surface area contributed by atoms with Crippen LogP contribution >= 0.6 is 27.5 Å². The Morgan fingerprint density at radius 3 is 2.74 bits per heavy atom. The average Bonchev–Trinajstić information content (AvgIpc) is 2.37. The number of aryl methyl sites for hydroxylation is 1. The molecule has 1 amide bonds. The van der Waals surface area contributed by atoms with Crippen molar-refractivity contribution in [3.63, 3.8) is 0 Å². The highest BCUT2D eigenvalue weighted by Gasteiger charge is 2.14. The molecule has 5 heteroatoms. The van der Waals surface area contributed by atoms with E-state index in [-0.39, 0.29) is 5.56 Å². The first kappa shape index (κ1) is 14.0. The van der Waals surface area contributed by atoms with Crippen LogP contribution in [0.25, 0.3) is 0 Å². The van der Waals surface area contributed by atoms with Crippen LogP contribution in [0.4, 0.5) is 10.1 Å². The number of benzene rings is 2. The van der Waals surface area contributed by atoms with Crippen molar-refractivity contribution in [1.82, 2.24) is 0 Å². The summed E-state index contributed by atoms with van der Waals surface area (Å²) in [6, 6.07) is 9.47. The zero-order valence-electron chi connectivity index (χ0n) is 10.0. The van der Waals surface area contributed by atoms with Crippen LogP contribution in [0.2, 0.25) is 5.02 Å². The highest BCUT2D eigenvalue weighted by Crippen LogP contribution is 2.26. The topological polar surface area (TPSA) is 29.1 Å². The average molecular weight is 343 g/mol. The van der Waals surface area contributed by atoms with Crippen LogP contribution in [-0.4, -0.2) is 5.91 Å². The molecule has 0 aliphatic rings. The molecule has 0 aliphatic carbocycles. The number of carbonyl (C=O) groups is 1. The van der Waals surface area contributed by atoms with Gasteiger partial charge in [-0.1, -0.05) is 39.7 Å². The maximum atomic E-state index is 13.6. The van der Waals surface area contributed by atoms with Crippen molar-refractivity contribution in [3.8, 4) is 0 Å². The van der Waals surface area contributed by atoms with Gasteiger partial charge in [0.25, 0.3) is 5.91 Å². The van der Waals surface area contributed by atoms with Crippen LogP contribution in [0.15, 0.2) is 40.9 Å². The quantitative estimate of drug-likeness (QED) is 0.834. The molecule has 0 radical (unpaired) electrons. The smallest absolute Gasteiger partial charge is 0.258 e. The summed E-state index contributed by atoms with van der Waals surface area (Å²) in [6.45, 7) is 1.82. The Hall–Kier alpha value is -1.39. The molecule has 0 spiro atoms. The van der Waals surface area contributed by atoms with Gasteiger partial charge in [-0.15, -0.1) is 0 Å². The van der Waals surface area contributed by atoms with Crippen LogP contribution in [0.1, 0.15) is 15.9 Å². The standard InChI is InChI=1S/C14H10BrClFNO/c1-8-3-2-4-11(16)13(8)18-14(19)10-7-9(15)5-6-12(10)17/h2-7H,1H3,(H,18,19). The van der Waals surface area contributed by atoms with Gasteiger partial charge in [0.05, 0.1) is 16.3 Å². The molecule has 19 heavy (non-hydrogen) atoms. The zero-order chi connectivity index (χ0) is 14.0. The monoisotopic (exact) mass is 341 g/mol. The molecule has 0 aromatic heterocycles. The third-order valence-corrected chi connectivity index (χ3v) is 3.44. The maximum Gasteiger partial charge on any atom is 0.258 e. The Morgan fingerprint density at radius 1 is 1.32 bits per heavy atom. The number of para-hydroxylation sites is 1. The van der Waals surface area contributed by atoms with Gasteiger partial charge in [0, 0.05) is 4.47 Å². The molecule has 1 N–H and O–H groups in total. The van der Waals surface area contributed by atoms with Gasteiger partial charge in [-0.05, 0) is 36.8 Å². The second kappa shape index (κ2) is 5.72. The van der Waals surface area contributed by atoms with Crippen LogP contribution in [-0.2, 0) is 0 Å². The summed E-state index contributed by atoms with van der Waals surface area (Å²) in [7, 11) is 0. The van der Waals surface area contributed by atoms with E-state index in [4.69, 9.17) is 11.6 Å². The molecule has 0 fully saturated rings. The van der Waals surface area contributed by atoms with E-state index in [1.807, 2.05) is 13.0 Å². The number of carbonyl (C=O) groups excluding carboxylic acids is 1. The van der Waals surface area contributed by atoms with E-state index in [0.717, 1.165) is 5.56 Å². The van der Waals surface area contributed by atoms with Crippen molar-refractivity contribution in [2.24, 2.45) is 0 Å². The Kier molecular flexibility index (Phi) is 4.22. The Bertz CT molecular complexity index is 625. The van der Waals surface area contributed by atoms with Crippen molar-refractivity contribution < 1.29 is 9.18 Å². The van der Waals surface area contributed by atoms with E-state index in [2.05, 4.69) is 21.2 Å². The van der Waals surface area contributed by atoms with Crippen LogP contribution in [0.5, 0.6) is 0 Å². The Morgan fingerprint density at radius 2 is 2.05 bits per heavy atom. The summed E-state index contributed by atoms with van der Waals surface area (Å²) in [6.07, 6.45) is 0. The summed E-state index contributed by atoms with van der Waals surface area (Å²) in [5.74, 6) is -1.11. The van der Waals surface area contributed by atoms with Gasteiger partial charge < -0.3 is 5.32 Å². The SMILES string of the molecule is Cc1cccc(Cl)c1NC(=O)c1cc(Br)ccc1F. The fraction of sp³-hybridized carbons (Fsp3) is 0.0714. The lowest BCUT2D eigenvalue weighted by Crippen LogP contribution is -2.14. The number of rotatable bonds is 2. The molecule has 2 nitrogen and oxygen atoms in total. The third-order valence-electron chi connectivity index (χ3n) is 2.63. The molecule has 0 aliphatic heterocycles. The van der Waals surface area contributed by atoms with Crippen LogP contribution in [0, 0.1) is 12.7 Å². The van der Waals surface area contributed by atoms with Gasteiger partial charge in [0.1, 0.15) is 5.82 Å². The molecule has 0 saturated carbocycles. The summed E-state index contributed by atoms with van der Waals surface area (Å²) in [4.78, 5) is 12.1. The van der Waals surface area contributed by atoms with Crippen molar-refractivity contribution in [1.29, 1.82) is 0 Å². The molecule has 0 atom stereocenters. The van der Waals surface area contributed by atoms with Gasteiger partial charge in [-0.3, -0.25) is 4.79 Å². The molecule has 2 aromatic carbocycles. The molecular weight excluding hydrogens is 333 g/mol. The molecule has 2 rings (SSSR count). The number of halogens is 3. The fourth-order valence-electron chi connectivity index (χ4n) is 1.64. The molecule has 0 unspecified atom stereocenters. The predicted octanol–water partition coefficient (Wildman–Crippen LogP) is 4.80. The Labute approximate surface area is 123 Å². The first-order chi connectivity index (χ1) is 8.99. The number of anilines is 1. The molecular formula is C14H10BrClFNO. The molecule has 0 heterocycles. The molecule has 98 valence electrons. The second-order valence-corrected chi connectivity index (χ2v) is 5.33. The van der Waals surface area contributed by atoms with Gasteiger partial charge in [0.2, 0.25) is 0 Å². The maximum absolute atomic E-state index is 13.6. The highest BCUT2D eigenvalue weighted by atomic mass is 79.9. The number of nitrogens with one attached hydrogen (secondary N) is 1. The predicted molar refractivity (Wildman–Crippen MR) is 78.2 cm³/mol. The van der Waals surface area contributed by atoms with E-state index in [0.29, 0.717) is 15.2 Å². The Balaban J connectivity index is 2.34. The normalized spacial score (nSPS) is 10.3. The first-order valence-corrected chi connectivity index (χ1v) is 6.67. The van der Waals surface area contributed by atoms with Crippen LogP contribution < -0.4 is 5.32 Å². The highest BCUT2D eigenvalue weighted by molar-refractivity contribution is 9.10. The summed E-state index contributed by atoms with van der Waals surface area (Å²) < 4.78 is 14.2. The minimum Gasteiger partial charge on any atom is -0.320 e. The lowest BCUT2D eigenvalue weighted by molar-refractivity contribution is 0.102. The third kappa shape index (κ3) is 3.14. The van der Waals surface area contributed by atoms with E-state index >= 15 is 0 Å². The largest absolute Gasteiger partial charge is 0.320 e. The van der Waals surface area contributed by atoms with Crippen molar-refractivity contribution in [3.05, 3.63) is 62.8 Å². The van der Waals surface area contributed by atoms with Gasteiger partial charge in [-0.2, -0.15) is 0 Å². The second-order valence-electron chi connectivity index (χ2n) is 4.01. The molecule has 0 bridgehead atoms. The van der Waals surface area contributed by atoms with Gasteiger partial charge in [-0.25, -0.2) is 4.39 Å². The molecule has 0 saturated heterocycles. The molecule has 2 aromatic rings. The van der Waals surface area contributed by atoms with Crippen molar-refractivity contribution >= 4 is 39.1 Å². The van der Waals surface area contributed by atoms with E-state index in [1.54, 1.807) is 12.1 Å². The van der Waals surface area contributed by atoms with Crippen molar-refractivity contribution in [2.45, 2.75) is 6.92 Å².